The van der Waals surface area contributed by atoms with E-state index in [1.165, 1.54) is 22.6 Å². The smallest absolute Gasteiger partial charge is 0.354 e. The third-order valence-electron chi connectivity index (χ3n) is 7.12. The maximum Gasteiger partial charge on any atom is 0.354 e. The number of rotatable bonds is 5. The minimum Gasteiger partial charge on any atom is -0.496 e. The van der Waals surface area contributed by atoms with E-state index in [2.05, 4.69) is 39.2 Å². The number of carboxylic acid groups (broad SMARTS) is 1. The lowest BCUT2D eigenvalue weighted by Gasteiger charge is -2.51. The molecule has 1 aromatic carbocycles. The Balaban J connectivity index is 0.000000221. The molecule has 1 saturated heterocycles. The number of H-pyrrole nitrogens is 1. The van der Waals surface area contributed by atoms with Gasteiger partial charge in [-0.15, -0.1) is 0 Å². The fourth-order valence-corrected chi connectivity index (χ4v) is 5.28. The highest BCUT2D eigenvalue weighted by Gasteiger charge is 2.56. The summed E-state index contributed by atoms with van der Waals surface area (Å²) in [5, 5.41) is 12.5. The van der Waals surface area contributed by atoms with Crippen molar-refractivity contribution in [3.63, 3.8) is 0 Å². The van der Waals surface area contributed by atoms with Crippen molar-refractivity contribution >= 4 is 22.7 Å². The number of aryl methyl sites for hydroxylation is 1. The van der Waals surface area contributed by atoms with Crippen LogP contribution in [0.25, 0.3) is 10.9 Å². The Morgan fingerprint density at radius 3 is 2.57 bits per heavy atom. The highest BCUT2D eigenvalue weighted by Crippen LogP contribution is 2.57. The van der Waals surface area contributed by atoms with Gasteiger partial charge in [0, 0.05) is 49.1 Å². The molecule has 0 amide bonds. The number of carboxylic acids is 1. The number of likely N-dealkylation sites (tertiary alicyclic amines) is 1. The van der Waals surface area contributed by atoms with Gasteiger partial charge in [0.05, 0.1) is 7.11 Å². The highest BCUT2D eigenvalue weighted by atomic mass is 19.3. The van der Waals surface area contributed by atoms with Crippen LogP contribution >= 0.6 is 0 Å². The standard InChI is InChI=1S/C19H24F2N2O.C7H8N2O2/c1-13-9-16(24-2)15(14-3-6-22-17(13)14)10-23-7-4-18(5-8-23)11-19(20,21)12-18;1-8-6-4-2-3-5(9-6)7(10)11/h3,6,9,22H,4-5,7-8,10-12H2,1-2H3;2-4H,1H3,(H,8,9)(H,10,11). The number of fused-ring (bicyclic) bond motifs is 1. The minimum absolute atomic E-state index is 0.0526. The first-order valence-corrected chi connectivity index (χ1v) is 11.8. The van der Waals surface area contributed by atoms with Gasteiger partial charge in [-0.05, 0) is 68.1 Å². The van der Waals surface area contributed by atoms with Gasteiger partial charge in [-0.3, -0.25) is 4.90 Å². The molecule has 9 heteroatoms. The molecule has 5 rings (SSSR count). The molecule has 3 N–H and O–H groups in total. The second-order valence-corrected chi connectivity index (χ2v) is 9.59. The summed E-state index contributed by atoms with van der Waals surface area (Å²) in [7, 11) is 3.40. The van der Waals surface area contributed by atoms with Crippen LogP contribution in [0.2, 0.25) is 0 Å². The monoisotopic (exact) mass is 486 g/mol. The fraction of sp³-hybridized carbons (Fsp3) is 0.462. The molecule has 1 spiro atoms. The number of nitrogens with one attached hydrogen (secondary N) is 2. The van der Waals surface area contributed by atoms with Crippen LogP contribution in [0.1, 0.15) is 47.3 Å². The molecule has 0 bridgehead atoms. The molecule has 7 nitrogen and oxygen atoms in total. The van der Waals surface area contributed by atoms with Crippen molar-refractivity contribution in [3.05, 3.63) is 53.3 Å². The van der Waals surface area contributed by atoms with Crippen molar-refractivity contribution in [1.29, 1.82) is 0 Å². The van der Waals surface area contributed by atoms with Crippen molar-refractivity contribution in [2.24, 2.45) is 5.41 Å². The topological polar surface area (TPSA) is 90.5 Å². The van der Waals surface area contributed by atoms with E-state index in [1.54, 1.807) is 26.3 Å². The Morgan fingerprint density at radius 1 is 1.26 bits per heavy atom. The van der Waals surface area contributed by atoms with Gasteiger partial charge in [0.2, 0.25) is 5.92 Å². The normalized spacial score (nSPS) is 18.4. The molecule has 2 aliphatic rings. The van der Waals surface area contributed by atoms with Crippen molar-refractivity contribution in [1.82, 2.24) is 14.9 Å². The second-order valence-electron chi connectivity index (χ2n) is 9.59. The number of ether oxygens (including phenoxy) is 1. The zero-order valence-electron chi connectivity index (χ0n) is 20.3. The first-order valence-electron chi connectivity index (χ1n) is 11.8. The van der Waals surface area contributed by atoms with Crippen LogP contribution in [0, 0.1) is 12.3 Å². The lowest BCUT2D eigenvalue weighted by atomic mass is 9.61. The number of methoxy groups -OCH3 is 1. The zero-order chi connectivity index (χ0) is 25.2. The summed E-state index contributed by atoms with van der Waals surface area (Å²) >= 11 is 0. The van der Waals surface area contributed by atoms with Gasteiger partial charge in [-0.2, -0.15) is 0 Å². The van der Waals surface area contributed by atoms with Gasteiger partial charge in [0.15, 0.2) is 5.69 Å². The van der Waals surface area contributed by atoms with Gasteiger partial charge in [0.25, 0.3) is 0 Å². The van der Waals surface area contributed by atoms with Crippen LogP contribution < -0.4 is 10.1 Å². The molecule has 188 valence electrons. The maximum absolute atomic E-state index is 13.3. The fourth-order valence-electron chi connectivity index (χ4n) is 5.28. The summed E-state index contributed by atoms with van der Waals surface area (Å²) in [6.07, 6.45) is 3.90. The number of aromatic carboxylic acids is 1. The third-order valence-corrected chi connectivity index (χ3v) is 7.12. The molecule has 0 radical (unpaired) electrons. The second kappa shape index (κ2) is 9.81. The number of benzene rings is 1. The predicted octanol–water partition coefficient (Wildman–Crippen LogP) is 5.32. The molecule has 2 aromatic heterocycles. The Bertz CT molecular complexity index is 1190. The van der Waals surface area contributed by atoms with Gasteiger partial charge in [0.1, 0.15) is 11.6 Å². The van der Waals surface area contributed by atoms with Crippen LogP contribution in [0.15, 0.2) is 36.5 Å². The SMILES string of the molecule is CNc1cccc(C(=O)O)n1.COc1cc(C)c2[nH]ccc2c1CN1CCC2(CC1)CC(F)(F)C2. The molecule has 0 unspecified atom stereocenters. The van der Waals surface area contributed by atoms with Crippen molar-refractivity contribution < 1.29 is 23.4 Å². The molecule has 0 atom stereocenters. The molecular weight excluding hydrogens is 454 g/mol. The van der Waals surface area contributed by atoms with E-state index in [-0.39, 0.29) is 24.0 Å². The number of alkyl halides is 2. The summed E-state index contributed by atoms with van der Waals surface area (Å²) in [5.41, 5.74) is 3.47. The average Bonchev–Trinajstić information content (AvgIpc) is 3.32. The van der Waals surface area contributed by atoms with Gasteiger partial charge in [-0.1, -0.05) is 6.07 Å². The van der Waals surface area contributed by atoms with Crippen molar-refractivity contribution in [2.45, 2.75) is 45.1 Å². The summed E-state index contributed by atoms with van der Waals surface area (Å²) < 4.78 is 32.1. The largest absolute Gasteiger partial charge is 0.496 e. The third kappa shape index (κ3) is 5.40. The first-order chi connectivity index (χ1) is 16.6. The van der Waals surface area contributed by atoms with E-state index in [0.717, 1.165) is 43.7 Å². The van der Waals surface area contributed by atoms with Crippen LogP contribution in [0.5, 0.6) is 5.75 Å². The number of piperidine rings is 1. The number of nitrogens with zero attached hydrogens (tertiary/aromatic N) is 2. The van der Waals surface area contributed by atoms with Gasteiger partial charge >= 0.3 is 5.97 Å². The van der Waals surface area contributed by atoms with Crippen molar-refractivity contribution in [2.75, 3.05) is 32.6 Å². The van der Waals surface area contributed by atoms with E-state index in [0.29, 0.717) is 5.82 Å². The Kier molecular flexibility index (Phi) is 6.98. The average molecular weight is 487 g/mol. The molecule has 35 heavy (non-hydrogen) atoms. The van der Waals surface area contributed by atoms with Crippen molar-refractivity contribution in [3.8, 4) is 5.75 Å². The van der Waals surface area contributed by atoms with E-state index >= 15 is 0 Å². The molecule has 2 fully saturated rings. The number of carbonyl (C=O) groups is 1. The van der Waals surface area contributed by atoms with Crippen LogP contribution in [0.4, 0.5) is 14.6 Å². The Labute approximate surface area is 203 Å². The summed E-state index contributed by atoms with van der Waals surface area (Å²) in [5.74, 6) is -1.96. The molecule has 3 heterocycles. The molecule has 1 aliphatic heterocycles. The number of hydrogen-bond acceptors (Lipinski definition) is 5. The number of aromatic nitrogens is 2. The molecular formula is C26H32F2N4O3. The molecule has 1 aliphatic carbocycles. The summed E-state index contributed by atoms with van der Waals surface area (Å²) in [6.45, 7) is 4.66. The van der Waals surface area contributed by atoms with E-state index in [1.807, 2.05) is 6.20 Å². The van der Waals surface area contributed by atoms with Gasteiger partial charge < -0.3 is 20.1 Å². The van der Waals surface area contributed by atoms with E-state index in [4.69, 9.17) is 9.84 Å². The van der Waals surface area contributed by atoms with E-state index < -0.39 is 11.9 Å². The Morgan fingerprint density at radius 2 is 1.97 bits per heavy atom. The number of halogens is 2. The summed E-state index contributed by atoms with van der Waals surface area (Å²) in [4.78, 5) is 19.8. The highest BCUT2D eigenvalue weighted by molar-refractivity contribution is 5.88. The van der Waals surface area contributed by atoms with Crippen LogP contribution in [0.3, 0.4) is 0 Å². The Hall–Kier alpha value is -3.20. The zero-order valence-corrected chi connectivity index (χ0v) is 20.3. The molecule has 1 saturated carbocycles. The lowest BCUT2D eigenvalue weighted by molar-refractivity contribution is -0.178. The quantitative estimate of drug-likeness (QED) is 0.452. The predicted molar refractivity (Wildman–Crippen MR) is 131 cm³/mol. The number of pyridine rings is 1. The maximum atomic E-state index is 13.3. The van der Waals surface area contributed by atoms with E-state index in [9.17, 15) is 13.6 Å². The summed E-state index contributed by atoms with van der Waals surface area (Å²) in [6, 6.07) is 8.96. The minimum atomic E-state index is -2.42. The number of anilines is 1. The number of aromatic amines is 1. The lowest BCUT2D eigenvalue weighted by Crippen LogP contribution is -2.52. The van der Waals surface area contributed by atoms with Gasteiger partial charge in [-0.25, -0.2) is 18.6 Å². The number of hydrogen-bond donors (Lipinski definition) is 3. The first kappa shape index (κ1) is 24.9. The van der Waals surface area contributed by atoms with Crippen LogP contribution in [-0.4, -0.2) is 59.1 Å². The molecule has 3 aromatic rings. The van der Waals surface area contributed by atoms with Crippen LogP contribution in [-0.2, 0) is 6.54 Å².